The molecule has 62 valence electrons. The molecule has 12 heavy (non-hydrogen) atoms. The van der Waals surface area contributed by atoms with Crippen molar-refractivity contribution in [1.82, 2.24) is 4.98 Å². The fraction of sp³-hybridized carbons (Fsp3) is 0.250. The van der Waals surface area contributed by atoms with Crippen LogP contribution >= 0.6 is 0 Å². The number of aryl methyl sites for hydroxylation is 1. The normalized spacial score (nSPS) is 9.92. The molecule has 1 rings (SSSR count). The van der Waals surface area contributed by atoms with Gasteiger partial charge in [0.1, 0.15) is 0 Å². The summed E-state index contributed by atoms with van der Waals surface area (Å²) in [4.78, 5) is 3.68. The van der Waals surface area contributed by atoms with Crippen molar-refractivity contribution in [3.63, 3.8) is 0 Å². The van der Waals surface area contributed by atoms with Crippen molar-refractivity contribution in [1.29, 1.82) is 5.26 Å². The first-order valence-electron chi connectivity index (χ1n) is 3.30. The molecule has 0 aliphatic heterocycles. The number of nitrogens with zero attached hydrogens (tertiary/aromatic N) is 2. The third-order valence-corrected chi connectivity index (χ3v) is 1.43. The van der Waals surface area contributed by atoms with Gasteiger partial charge in [0.15, 0.2) is 0 Å². The Hall–Kier alpha value is -1.50. The molecule has 0 saturated carbocycles. The van der Waals surface area contributed by atoms with Crippen LogP contribution in [0.4, 0.5) is 8.78 Å². The van der Waals surface area contributed by atoms with E-state index >= 15 is 0 Å². The van der Waals surface area contributed by atoms with E-state index in [4.69, 9.17) is 5.26 Å². The van der Waals surface area contributed by atoms with Gasteiger partial charge in [-0.1, -0.05) is 0 Å². The highest BCUT2D eigenvalue weighted by atomic mass is 19.3. The molecule has 1 heterocycles. The minimum Gasteiger partial charge on any atom is -0.261 e. The van der Waals surface area contributed by atoms with Gasteiger partial charge in [-0.25, -0.2) is 8.78 Å². The highest BCUT2D eigenvalue weighted by Gasteiger charge is 2.12. The molecule has 0 spiro atoms. The maximum Gasteiger partial charge on any atom is 0.266 e. The first-order valence-corrected chi connectivity index (χ1v) is 3.30. The molecule has 2 nitrogen and oxygen atoms in total. The Labute approximate surface area is 68.5 Å². The van der Waals surface area contributed by atoms with Gasteiger partial charge in [-0.15, -0.1) is 0 Å². The van der Waals surface area contributed by atoms with Crippen LogP contribution in [0.3, 0.4) is 0 Å². The number of hydrogen-bond donors (Lipinski definition) is 0. The topological polar surface area (TPSA) is 36.7 Å². The lowest BCUT2D eigenvalue weighted by Gasteiger charge is -2.01. The molecule has 0 amide bonds. The molecule has 1 aromatic rings. The van der Waals surface area contributed by atoms with E-state index in [2.05, 4.69) is 4.98 Å². The lowest BCUT2D eigenvalue weighted by molar-refractivity contribution is 0.150. The molecule has 0 bridgehead atoms. The highest BCUT2D eigenvalue weighted by Crippen LogP contribution is 2.21. The fourth-order valence-electron chi connectivity index (χ4n) is 0.841. The Kier molecular flexibility index (Phi) is 2.34. The summed E-state index contributed by atoms with van der Waals surface area (Å²) in [6.45, 7) is 1.65. The van der Waals surface area contributed by atoms with Crippen LogP contribution in [0.1, 0.15) is 23.2 Å². The van der Waals surface area contributed by atoms with E-state index in [1.54, 1.807) is 13.0 Å². The van der Waals surface area contributed by atoms with E-state index < -0.39 is 6.43 Å². The summed E-state index contributed by atoms with van der Waals surface area (Å²) in [5.41, 5.74) is 0.261. The lowest BCUT2D eigenvalue weighted by Crippen LogP contribution is -1.93. The predicted octanol–water partition coefficient (Wildman–Crippen LogP) is 2.20. The summed E-state index contributed by atoms with van der Waals surface area (Å²) in [6.07, 6.45) is -1.59. The average Bonchev–Trinajstić information content (AvgIpc) is 2.03. The van der Waals surface area contributed by atoms with Crippen molar-refractivity contribution < 1.29 is 8.78 Å². The van der Waals surface area contributed by atoms with Crippen molar-refractivity contribution >= 4 is 0 Å². The second kappa shape index (κ2) is 3.26. The lowest BCUT2D eigenvalue weighted by atomic mass is 10.1. The van der Waals surface area contributed by atoms with Gasteiger partial charge in [0, 0.05) is 11.9 Å². The standard InChI is InChI=1S/C8H6F2N2/c1-5-2-6(3-11)7(4-12-5)8(9)10/h2,4,8H,1H3. The minimum atomic E-state index is -2.63. The number of alkyl halides is 2. The predicted molar refractivity (Wildman–Crippen MR) is 38.6 cm³/mol. The van der Waals surface area contributed by atoms with Crippen LogP contribution in [0.25, 0.3) is 0 Å². The molecule has 0 fully saturated rings. The van der Waals surface area contributed by atoms with Gasteiger partial charge < -0.3 is 0 Å². The number of halogens is 2. The quantitative estimate of drug-likeness (QED) is 0.644. The Balaban J connectivity index is 3.23. The van der Waals surface area contributed by atoms with Crippen LogP contribution in [-0.4, -0.2) is 4.98 Å². The molecule has 1 aromatic heterocycles. The zero-order valence-corrected chi connectivity index (χ0v) is 6.38. The number of nitriles is 1. The smallest absolute Gasteiger partial charge is 0.261 e. The number of pyridine rings is 1. The van der Waals surface area contributed by atoms with Gasteiger partial charge in [-0.3, -0.25) is 4.98 Å². The van der Waals surface area contributed by atoms with Gasteiger partial charge in [0.2, 0.25) is 0 Å². The van der Waals surface area contributed by atoms with Crippen LogP contribution in [-0.2, 0) is 0 Å². The van der Waals surface area contributed by atoms with Gasteiger partial charge in [-0.2, -0.15) is 5.26 Å². The fourth-order valence-corrected chi connectivity index (χ4v) is 0.841. The van der Waals surface area contributed by atoms with Gasteiger partial charge in [-0.05, 0) is 13.0 Å². The molecule has 0 aliphatic carbocycles. The zero-order valence-electron chi connectivity index (χ0n) is 6.38. The van der Waals surface area contributed by atoms with Gasteiger partial charge >= 0.3 is 0 Å². The van der Waals surface area contributed by atoms with Crippen LogP contribution in [0.2, 0.25) is 0 Å². The summed E-state index contributed by atoms with van der Waals surface area (Å²) in [6, 6.07) is 3.05. The third-order valence-electron chi connectivity index (χ3n) is 1.43. The molecule has 4 heteroatoms. The molecular weight excluding hydrogens is 162 g/mol. The van der Waals surface area contributed by atoms with Crippen molar-refractivity contribution in [2.45, 2.75) is 13.3 Å². The number of aromatic nitrogens is 1. The Morgan fingerprint density at radius 2 is 2.25 bits per heavy atom. The summed E-state index contributed by atoms with van der Waals surface area (Å²) in [7, 11) is 0. The third kappa shape index (κ3) is 1.56. The Morgan fingerprint density at radius 1 is 1.58 bits per heavy atom. The molecule has 0 radical (unpaired) electrons. The van der Waals surface area contributed by atoms with Gasteiger partial charge in [0.05, 0.1) is 17.2 Å². The number of rotatable bonds is 1. The molecule has 0 aromatic carbocycles. The van der Waals surface area contributed by atoms with Crippen molar-refractivity contribution in [3.05, 3.63) is 29.1 Å². The Bertz CT molecular complexity index is 328. The number of hydrogen-bond acceptors (Lipinski definition) is 2. The summed E-state index contributed by atoms with van der Waals surface area (Å²) < 4.78 is 24.3. The van der Waals surface area contributed by atoms with Gasteiger partial charge in [0.25, 0.3) is 6.43 Å². The van der Waals surface area contributed by atoms with E-state index in [-0.39, 0.29) is 11.1 Å². The minimum absolute atomic E-state index is 0.00231. The van der Waals surface area contributed by atoms with Crippen LogP contribution < -0.4 is 0 Å². The molecular formula is C8H6F2N2. The first kappa shape index (κ1) is 8.60. The van der Waals surface area contributed by atoms with Crippen LogP contribution in [0, 0.1) is 18.3 Å². The van der Waals surface area contributed by atoms with E-state index in [1.165, 1.54) is 6.07 Å². The molecule has 0 N–H and O–H groups in total. The molecule has 0 saturated heterocycles. The largest absolute Gasteiger partial charge is 0.266 e. The second-order valence-corrected chi connectivity index (χ2v) is 2.33. The van der Waals surface area contributed by atoms with E-state index in [1.807, 2.05) is 0 Å². The van der Waals surface area contributed by atoms with Crippen molar-refractivity contribution in [3.8, 4) is 6.07 Å². The molecule has 0 atom stereocenters. The summed E-state index contributed by atoms with van der Waals surface area (Å²) >= 11 is 0. The second-order valence-electron chi connectivity index (χ2n) is 2.33. The Morgan fingerprint density at radius 3 is 2.75 bits per heavy atom. The van der Waals surface area contributed by atoms with Crippen LogP contribution in [0.5, 0.6) is 0 Å². The zero-order chi connectivity index (χ0) is 9.14. The van der Waals surface area contributed by atoms with E-state index in [0.717, 1.165) is 6.20 Å². The molecule has 0 aliphatic rings. The van der Waals surface area contributed by atoms with E-state index in [0.29, 0.717) is 5.69 Å². The van der Waals surface area contributed by atoms with Crippen molar-refractivity contribution in [2.24, 2.45) is 0 Å². The molecule has 0 unspecified atom stereocenters. The maximum atomic E-state index is 12.2. The summed E-state index contributed by atoms with van der Waals surface area (Å²) in [5.74, 6) is 0. The first-order chi connectivity index (χ1) is 5.65. The van der Waals surface area contributed by atoms with Crippen molar-refractivity contribution in [2.75, 3.05) is 0 Å². The SMILES string of the molecule is Cc1cc(C#N)c(C(F)F)cn1. The van der Waals surface area contributed by atoms with E-state index in [9.17, 15) is 8.78 Å². The van der Waals surface area contributed by atoms with Crippen LogP contribution in [0.15, 0.2) is 12.3 Å². The monoisotopic (exact) mass is 168 g/mol. The summed E-state index contributed by atoms with van der Waals surface area (Å²) in [5, 5.41) is 8.48. The highest BCUT2D eigenvalue weighted by molar-refractivity contribution is 5.37. The maximum absolute atomic E-state index is 12.2. The average molecular weight is 168 g/mol.